The van der Waals surface area contributed by atoms with Crippen LogP contribution < -0.4 is 10.2 Å². The van der Waals surface area contributed by atoms with E-state index in [0.717, 1.165) is 13.1 Å². The fourth-order valence-electron chi connectivity index (χ4n) is 3.34. The molecule has 1 N–H and O–H groups in total. The van der Waals surface area contributed by atoms with Crippen LogP contribution in [0.2, 0.25) is 0 Å². The van der Waals surface area contributed by atoms with Crippen molar-refractivity contribution < 1.29 is 0 Å². The van der Waals surface area contributed by atoms with Gasteiger partial charge in [0.2, 0.25) is 0 Å². The van der Waals surface area contributed by atoms with Gasteiger partial charge in [0, 0.05) is 30.7 Å². The van der Waals surface area contributed by atoms with Gasteiger partial charge in [-0.15, -0.1) is 0 Å². The third kappa shape index (κ3) is 1.23. The lowest BCUT2D eigenvalue weighted by atomic mass is 9.85. The van der Waals surface area contributed by atoms with Crippen LogP contribution in [0.4, 0.5) is 5.69 Å². The lowest BCUT2D eigenvalue weighted by molar-refractivity contribution is 0.232. The van der Waals surface area contributed by atoms with E-state index in [1.807, 2.05) is 0 Å². The Bertz CT molecular complexity index is 413. The van der Waals surface area contributed by atoms with Gasteiger partial charge in [0.25, 0.3) is 0 Å². The summed E-state index contributed by atoms with van der Waals surface area (Å²) in [4.78, 5) is 2.63. The first-order valence-corrected chi connectivity index (χ1v) is 6.12. The Morgan fingerprint density at radius 2 is 1.88 bits per heavy atom. The van der Waals surface area contributed by atoms with Crippen molar-refractivity contribution in [3.05, 3.63) is 29.8 Å². The second kappa shape index (κ2) is 3.01. The Kier molecular flexibility index (Phi) is 1.91. The largest absolute Gasteiger partial charge is 0.358 e. The summed E-state index contributed by atoms with van der Waals surface area (Å²) in [5.74, 6) is 0. The highest BCUT2D eigenvalue weighted by molar-refractivity contribution is 5.64. The molecule has 0 saturated carbocycles. The van der Waals surface area contributed by atoms with Crippen molar-refractivity contribution in [1.82, 2.24) is 5.32 Å². The maximum Gasteiger partial charge on any atom is 0.0696 e. The molecule has 0 radical (unpaired) electrons. The molecule has 0 bridgehead atoms. The van der Waals surface area contributed by atoms with Crippen molar-refractivity contribution in [2.45, 2.75) is 38.3 Å². The minimum atomic E-state index is 0.203. The van der Waals surface area contributed by atoms with Crippen molar-refractivity contribution in [3.8, 4) is 0 Å². The van der Waals surface area contributed by atoms with E-state index in [-0.39, 0.29) is 5.54 Å². The number of benzene rings is 1. The van der Waals surface area contributed by atoms with Gasteiger partial charge in [-0.3, -0.25) is 0 Å². The van der Waals surface area contributed by atoms with E-state index in [1.165, 1.54) is 17.7 Å². The van der Waals surface area contributed by atoms with Crippen molar-refractivity contribution in [2.75, 3.05) is 18.0 Å². The van der Waals surface area contributed by atoms with E-state index in [9.17, 15) is 0 Å². The summed E-state index contributed by atoms with van der Waals surface area (Å²) in [6.07, 6.45) is 1.20. The zero-order valence-corrected chi connectivity index (χ0v) is 10.4. The maximum atomic E-state index is 3.44. The van der Waals surface area contributed by atoms with Gasteiger partial charge in [0.1, 0.15) is 0 Å². The Labute approximate surface area is 97.6 Å². The first-order valence-electron chi connectivity index (χ1n) is 6.12. The Morgan fingerprint density at radius 3 is 2.44 bits per heavy atom. The topological polar surface area (TPSA) is 15.3 Å². The van der Waals surface area contributed by atoms with Crippen molar-refractivity contribution in [1.29, 1.82) is 0 Å². The Hall–Kier alpha value is -1.02. The Morgan fingerprint density at radius 1 is 1.19 bits per heavy atom. The average Bonchev–Trinajstić information content (AvgIpc) is 2.50. The predicted octanol–water partition coefficient (Wildman–Crippen LogP) is 2.19. The van der Waals surface area contributed by atoms with Crippen LogP contribution in [0.5, 0.6) is 0 Å². The maximum absolute atomic E-state index is 3.44. The molecule has 3 rings (SSSR count). The fraction of sp³-hybridized carbons (Fsp3) is 0.571. The average molecular weight is 216 g/mol. The number of hydrogen-bond acceptors (Lipinski definition) is 2. The van der Waals surface area contributed by atoms with E-state index in [2.05, 4.69) is 55.3 Å². The van der Waals surface area contributed by atoms with Crippen LogP contribution in [0, 0.1) is 0 Å². The third-order valence-electron chi connectivity index (χ3n) is 3.81. The monoisotopic (exact) mass is 216 g/mol. The third-order valence-corrected chi connectivity index (χ3v) is 3.81. The van der Waals surface area contributed by atoms with E-state index >= 15 is 0 Å². The number of fused-ring (bicyclic) bond motifs is 1. The van der Waals surface area contributed by atoms with Gasteiger partial charge in [0.05, 0.1) is 5.54 Å². The van der Waals surface area contributed by atoms with Crippen LogP contribution in [0.3, 0.4) is 0 Å². The highest BCUT2D eigenvalue weighted by Gasteiger charge is 2.51. The second-order valence-corrected chi connectivity index (χ2v) is 6.14. The molecule has 1 spiro atoms. The molecule has 0 atom stereocenters. The SMILES string of the molecule is CC(C)(C)N1c2ccccc2CC12CNC2. The zero-order valence-electron chi connectivity index (χ0n) is 10.4. The van der Waals surface area contributed by atoms with E-state index in [4.69, 9.17) is 0 Å². The van der Waals surface area contributed by atoms with Crippen LogP contribution >= 0.6 is 0 Å². The van der Waals surface area contributed by atoms with Crippen molar-refractivity contribution in [3.63, 3.8) is 0 Å². The predicted molar refractivity (Wildman–Crippen MR) is 68.0 cm³/mol. The summed E-state index contributed by atoms with van der Waals surface area (Å²) in [6, 6.07) is 8.86. The lowest BCUT2D eigenvalue weighted by Gasteiger charge is -2.53. The molecular formula is C14H20N2. The number of anilines is 1. The second-order valence-electron chi connectivity index (χ2n) is 6.14. The number of nitrogens with zero attached hydrogens (tertiary/aromatic N) is 1. The van der Waals surface area contributed by atoms with Crippen molar-refractivity contribution >= 4 is 5.69 Å². The lowest BCUT2D eigenvalue weighted by Crippen LogP contribution is -2.71. The molecule has 0 aliphatic carbocycles. The minimum Gasteiger partial charge on any atom is -0.358 e. The highest BCUT2D eigenvalue weighted by Crippen LogP contribution is 2.44. The highest BCUT2D eigenvalue weighted by atomic mass is 15.3. The van der Waals surface area contributed by atoms with Gasteiger partial charge in [-0.1, -0.05) is 18.2 Å². The van der Waals surface area contributed by atoms with Gasteiger partial charge >= 0.3 is 0 Å². The summed E-state index contributed by atoms with van der Waals surface area (Å²) in [5, 5.41) is 3.44. The van der Waals surface area contributed by atoms with Crippen LogP contribution in [-0.2, 0) is 6.42 Å². The molecule has 0 unspecified atom stereocenters. The summed E-state index contributed by atoms with van der Waals surface area (Å²) < 4.78 is 0. The molecule has 0 amide bonds. The molecular weight excluding hydrogens is 196 g/mol. The molecule has 2 heterocycles. The molecule has 86 valence electrons. The molecule has 2 heteroatoms. The molecule has 1 saturated heterocycles. The smallest absolute Gasteiger partial charge is 0.0696 e. The van der Waals surface area contributed by atoms with Gasteiger partial charge in [-0.05, 0) is 32.4 Å². The molecule has 1 aromatic rings. The van der Waals surface area contributed by atoms with Crippen LogP contribution in [-0.4, -0.2) is 24.2 Å². The van der Waals surface area contributed by atoms with Crippen molar-refractivity contribution in [2.24, 2.45) is 0 Å². The molecule has 2 aliphatic heterocycles. The van der Waals surface area contributed by atoms with Gasteiger partial charge < -0.3 is 10.2 Å². The van der Waals surface area contributed by atoms with Crippen LogP contribution in [0.15, 0.2) is 24.3 Å². The van der Waals surface area contributed by atoms with Crippen LogP contribution in [0.1, 0.15) is 26.3 Å². The number of para-hydroxylation sites is 1. The number of nitrogens with one attached hydrogen (secondary N) is 1. The standard InChI is InChI=1S/C14H20N2/c1-13(2,3)16-12-7-5-4-6-11(12)8-14(16)9-15-10-14/h4-7,15H,8-10H2,1-3H3. The summed E-state index contributed by atoms with van der Waals surface area (Å²) in [6.45, 7) is 9.19. The molecule has 1 fully saturated rings. The zero-order chi connectivity index (χ0) is 11.4. The summed E-state index contributed by atoms with van der Waals surface area (Å²) >= 11 is 0. The van der Waals surface area contributed by atoms with Gasteiger partial charge in [-0.25, -0.2) is 0 Å². The minimum absolute atomic E-state index is 0.203. The first kappa shape index (κ1) is 10.2. The number of hydrogen-bond donors (Lipinski definition) is 1. The van der Waals surface area contributed by atoms with E-state index < -0.39 is 0 Å². The van der Waals surface area contributed by atoms with Crippen LogP contribution in [0.25, 0.3) is 0 Å². The molecule has 2 nitrogen and oxygen atoms in total. The normalized spacial score (nSPS) is 22.1. The quantitative estimate of drug-likeness (QED) is 0.715. The van der Waals surface area contributed by atoms with Gasteiger partial charge in [-0.2, -0.15) is 0 Å². The van der Waals surface area contributed by atoms with E-state index in [0.29, 0.717) is 5.54 Å². The Balaban J connectivity index is 2.10. The van der Waals surface area contributed by atoms with Gasteiger partial charge in [0.15, 0.2) is 0 Å². The molecule has 0 aromatic heterocycles. The first-order chi connectivity index (χ1) is 7.53. The summed E-state index contributed by atoms with van der Waals surface area (Å²) in [5.41, 5.74) is 3.51. The molecule has 2 aliphatic rings. The molecule has 1 aromatic carbocycles. The fourth-order valence-corrected chi connectivity index (χ4v) is 3.34. The number of rotatable bonds is 0. The van der Waals surface area contributed by atoms with E-state index in [1.54, 1.807) is 0 Å². The summed E-state index contributed by atoms with van der Waals surface area (Å²) in [7, 11) is 0. The molecule has 16 heavy (non-hydrogen) atoms.